The first-order chi connectivity index (χ1) is 8.07. The van der Waals surface area contributed by atoms with Gasteiger partial charge in [0, 0.05) is 16.8 Å². The predicted molar refractivity (Wildman–Crippen MR) is 79.3 cm³/mol. The molecule has 0 aliphatic carbocycles. The minimum absolute atomic E-state index is 0.0943. The average Bonchev–Trinajstić information content (AvgIpc) is 2.17. The first-order valence-electron chi connectivity index (χ1n) is 6.33. The molecule has 0 saturated heterocycles. The lowest BCUT2D eigenvalue weighted by atomic mass is 9.79. The third-order valence-corrected chi connectivity index (χ3v) is 2.99. The molecule has 1 aromatic rings. The molecule has 2 heteroatoms. The molecule has 18 heavy (non-hydrogen) atoms. The van der Waals surface area contributed by atoms with E-state index in [4.69, 9.17) is 0 Å². The van der Waals surface area contributed by atoms with Crippen molar-refractivity contribution in [2.45, 2.75) is 52.4 Å². The Morgan fingerprint density at radius 3 is 1.67 bits per heavy atom. The second-order valence-corrected chi connectivity index (χ2v) is 6.77. The lowest BCUT2D eigenvalue weighted by Gasteiger charge is -2.28. The second kappa shape index (κ2) is 4.68. The fourth-order valence-electron chi connectivity index (χ4n) is 1.98. The summed E-state index contributed by atoms with van der Waals surface area (Å²) in [6.45, 7) is 16.3. The van der Waals surface area contributed by atoms with Crippen LogP contribution in [0, 0.1) is 0 Å². The van der Waals surface area contributed by atoms with E-state index in [1.54, 1.807) is 6.20 Å². The molecule has 0 saturated carbocycles. The first kappa shape index (κ1) is 14.6. The van der Waals surface area contributed by atoms with Crippen molar-refractivity contribution in [1.82, 2.24) is 0 Å². The van der Waals surface area contributed by atoms with Crippen molar-refractivity contribution in [2.75, 3.05) is 5.32 Å². The Morgan fingerprint density at radius 1 is 1.00 bits per heavy atom. The van der Waals surface area contributed by atoms with E-state index in [0.717, 1.165) is 16.8 Å². The van der Waals surface area contributed by atoms with Crippen LogP contribution in [0.4, 0.5) is 5.69 Å². The van der Waals surface area contributed by atoms with Crippen LogP contribution in [0.25, 0.3) is 0 Å². The van der Waals surface area contributed by atoms with E-state index in [0.29, 0.717) is 5.75 Å². The van der Waals surface area contributed by atoms with E-state index in [-0.39, 0.29) is 10.8 Å². The minimum atomic E-state index is -0.0943. The summed E-state index contributed by atoms with van der Waals surface area (Å²) in [7, 11) is 0. The fraction of sp³-hybridized carbons (Fsp3) is 0.500. The van der Waals surface area contributed by atoms with Gasteiger partial charge in [-0.15, -0.1) is 0 Å². The van der Waals surface area contributed by atoms with E-state index >= 15 is 0 Å². The number of nitrogens with one attached hydrogen (secondary N) is 1. The minimum Gasteiger partial charge on any atom is -0.507 e. The zero-order valence-corrected chi connectivity index (χ0v) is 12.4. The highest BCUT2D eigenvalue weighted by atomic mass is 16.3. The van der Waals surface area contributed by atoms with E-state index < -0.39 is 0 Å². The quantitative estimate of drug-likeness (QED) is 0.752. The summed E-state index contributed by atoms with van der Waals surface area (Å²) in [5, 5.41) is 13.6. The maximum Gasteiger partial charge on any atom is 0.123 e. The molecule has 0 unspecified atom stereocenters. The van der Waals surface area contributed by atoms with Gasteiger partial charge in [0.1, 0.15) is 5.75 Å². The van der Waals surface area contributed by atoms with Crippen LogP contribution in [-0.4, -0.2) is 5.11 Å². The normalized spacial score (nSPS) is 12.3. The molecule has 0 heterocycles. The molecular formula is C16H25NO. The van der Waals surface area contributed by atoms with Crippen molar-refractivity contribution in [2.24, 2.45) is 0 Å². The summed E-state index contributed by atoms with van der Waals surface area (Å²) in [6.07, 6.45) is 1.66. The SMILES string of the molecule is C=CNc1cc(C(C)(C)C)c(O)c(C(C)(C)C)c1. The highest BCUT2D eigenvalue weighted by Crippen LogP contribution is 2.40. The summed E-state index contributed by atoms with van der Waals surface area (Å²) in [6, 6.07) is 3.98. The molecule has 0 aliphatic heterocycles. The van der Waals surface area contributed by atoms with Gasteiger partial charge in [-0.1, -0.05) is 48.1 Å². The number of rotatable bonds is 2. The van der Waals surface area contributed by atoms with Crippen LogP contribution in [0.1, 0.15) is 52.7 Å². The maximum atomic E-state index is 10.5. The number of phenols is 1. The molecule has 1 aromatic carbocycles. The zero-order chi connectivity index (χ0) is 14.1. The lowest BCUT2D eigenvalue weighted by molar-refractivity contribution is 0.423. The van der Waals surface area contributed by atoms with E-state index in [2.05, 4.69) is 53.4 Å². The Morgan fingerprint density at radius 2 is 1.39 bits per heavy atom. The summed E-state index contributed by atoms with van der Waals surface area (Å²) < 4.78 is 0. The molecule has 0 aliphatic rings. The summed E-state index contributed by atoms with van der Waals surface area (Å²) in [5.74, 6) is 0.407. The van der Waals surface area contributed by atoms with Gasteiger partial charge < -0.3 is 10.4 Å². The molecule has 0 aromatic heterocycles. The Kier molecular flexibility index (Phi) is 3.80. The monoisotopic (exact) mass is 247 g/mol. The number of hydrogen-bond acceptors (Lipinski definition) is 2. The average molecular weight is 247 g/mol. The Bertz CT molecular complexity index is 412. The predicted octanol–water partition coefficient (Wildman–Crippen LogP) is 4.54. The largest absolute Gasteiger partial charge is 0.507 e. The molecule has 0 spiro atoms. The second-order valence-electron chi connectivity index (χ2n) is 6.77. The summed E-state index contributed by atoms with van der Waals surface area (Å²) >= 11 is 0. The molecule has 2 nitrogen and oxygen atoms in total. The van der Waals surface area contributed by atoms with Crippen molar-refractivity contribution >= 4 is 5.69 Å². The van der Waals surface area contributed by atoms with E-state index in [1.165, 1.54) is 0 Å². The van der Waals surface area contributed by atoms with Crippen LogP contribution >= 0.6 is 0 Å². The highest BCUT2D eigenvalue weighted by molar-refractivity contribution is 5.59. The third-order valence-electron chi connectivity index (χ3n) is 2.99. The smallest absolute Gasteiger partial charge is 0.123 e. The van der Waals surface area contributed by atoms with Crippen LogP contribution in [0.2, 0.25) is 0 Å². The van der Waals surface area contributed by atoms with Gasteiger partial charge >= 0.3 is 0 Å². The van der Waals surface area contributed by atoms with Gasteiger partial charge in [-0.25, -0.2) is 0 Å². The van der Waals surface area contributed by atoms with Crippen LogP contribution in [-0.2, 0) is 10.8 Å². The Labute approximate surface area is 111 Å². The standard InChI is InChI=1S/C16H25NO/c1-8-17-11-9-12(15(2,3)4)14(18)13(10-11)16(5,6)7/h8-10,17-18H,1H2,2-7H3. The number of anilines is 1. The molecule has 0 bridgehead atoms. The van der Waals surface area contributed by atoms with Crippen LogP contribution in [0.15, 0.2) is 24.9 Å². The van der Waals surface area contributed by atoms with Crippen molar-refractivity contribution in [3.05, 3.63) is 36.0 Å². The zero-order valence-electron chi connectivity index (χ0n) is 12.4. The lowest BCUT2D eigenvalue weighted by Crippen LogP contribution is -2.17. The molecule has 0 atom stereocenters. The summed E-state index contributed by atoms with van der Waals surface area (Å²) in [5.41, 5.74) is 2.70. The topological polar surface area (TPSA) is 32.3 Å². The fourth-order valence-corrected chi connectivity index (χ4v) is 1.98. The van der Waals surface area contributed by atoms with Gasteiger partial charge in [-0.2, -0.15) is 0 Å². The van der Waals surface area contributed by atoms with E-state index in [9.17, 15) is 5.11 Å². The third kappa shape index (κ3) is 3.06. The van der Waals surface area contributed by atoms with Gasteiger partial charge in [-0.3, -0.25) is 0 Å². The molecule has 100 valence electrons. The van der Waals surface area contributed by atoms with E-state index in [1.807, 2.05) is 12.1 Å². The number of phenolic OH excluding ortho intramolecular Hbond substituents is 1. The van der Waals surface area contributed by atoms with Gasteiger partial charge in [0.2, 0.25) is 0 Å². The van der Waals surface area contributed by atoms with Crippen LogP contribution < -0.4 is 5.32 Å². The molecule has 0 radical (unpaired) electrons. The van der Waals surface area contributed by atoms with Crippen molar-refractivity contribution in [1.29, 1.82) is 0 Å². The van der Waals surface area contributed by atoms with Gasteiger partial charge in [0.05, 0.1) is 0 Å². The Hall–Kier alpha value is -1.44. The van der Waals surface area contributed by atoms with Crippen molar-refractivity contribution in [3.63, 3.8) is 0 Å². The molecule has 0 amide bonds. The number of benzene rings is 1. The van der Waals surface area contributed by atoms with Gasteiger partial charge in [0.15, 0.2) is 0 Å². The van der Waals surface area contributed by atoms with Crippen molar-refractivity contribution < 1.29 is 5.11 Å². The molecule has 2 N–H and O–H groups in total. The molecule has 1 rings (SSSR count). The highest BCUT2D eigenvalue weighted by Gasteiger charge is 2.26. The number of aromatic hydroxyl groups is 1. The van der Waals surface area contributed by atoms with Gasteiger partial charge in [-0.05, 0) is 29.2 Å². The first-order valence-corrected chi connectivity index (χ1v) is 6.33. The van der Waals surface area contributed by atoms with Crippen LogP contribution in [0.3, 0.4) is 0 Å². The Balaban J connectivity index is 3.53. The van der Waals surface area contributed by atoms with Gasteiger partial charge in [0.25, 0.3) is 0 Å². The number of hydrogen-bond donors (Lipinski definition) is 2. The van der Waals surface area contributed by atoms with Crippen LogP contribution in [0.5, 0.6) is 5.75 Å². The molecular weight excluding hydrogens is 222 g/mol. The summed E-state index contributed by atoms with van der Waals surface area (Å²) in [4.78, 5) is 0. The maximum absolute atomic E-state index is 10.5. The molecule has 0 fully saturated rings. The van der Waals surface area contributed by atoms with Crippen molar-refractivity contribution in [3.8, 4) is 5.75 Å².